The summed E-state index contributed by atoms with van der Waals surface area (Å²) in [6, 6.07) is 0. The van der Waals surface area contributed by atoms with E-state index in [4.69, 9.17) is 0 Å². The van der Waals surface area contributed by atoms with E-state index in [1.807, 2.05) is 0 Å². The van der Waals surface area contributed by atoms with E-state index in [0.717, 1.165) is 6.54 Å². The first-order valence-corrected chi connectivity index (χ1v) is 3.47. The van der Waals surface area contributed by atoms with Crippen molar-refractivity contribution in [3.63, 3.8) is 0 Å². The van der Waals surface area contributed by atoms with Gasteiger partial charge in [-0.2, -0.15) is 0 Å². The molecule has 0 bridgehead atoms. The lowest BCUT2D eigenvalue weighted by Crippen LogP contribution is -2.24. The summed E-state index contributed by atoms with van der Waals surface area (Å²) < 4.78 is 0. The topological polar surface area (TPSA) is 31.9 Å². The zero-order chi connectivity index (χ0) is 7.28. The van der Waals surface area contributed by atoms with Crippen LogP contribution in [0.15, 0.2) is 0 Å². The maximum Gasteiger partial charge on any atom is 0.133 e. The number of nitrogens with one attached hydrogen (secondary N) is 1. The minimum Gasteiger partial charge on any atom is -0.292 e. The normalized spacial score (nSPS) is 14.3. The Morgan fingerprint density at radius 3 is 2.22 bits per heavy atom. The molecule has 0 aromatic carbocycles. The second-order valence-electron chi connectivity index (χ2n) is 2.82. The molecular weight excluding hydrogens is 114 g/mol. The smallest absolute Gasteiger partial charge is 0.133 e. The van der Waals surface area contributed by atoms with E-state index in [-0.39, 0.29) is 6.73 Å². The van der Waals surface area contributed by atoms with E-state index < -0.39 is 0 Å². The highest BCUT2D eigenvalue weighted by Crippen LogP contribution is 2.06. The second kappa shape index (κ2) is 4.77. The highest BCUT2D eigenvalue weighted by Gasteiger charge is 2.04. The molecule has 1 N–H and O–H groups in total. The molecule has 0 saturated carbocycles. The molecule has 0 aliphatic heterocycles. The van der Waals surface area contributed by atoms with Crippen LogP contribution in [0.5, 0.6) is 0 Å². The fraction of sp³-hybridized carbons (Fsp3) is 1.00. The molecule has 2 heteroatoms. The summed E-state index contributed by atoms with van der Waals surface area (Å²) in [6.45, 7) is 7.17. The largest absolute Gasteiger partial charge is 0.292 e. The van der Waals surface area contributed by atoms with Crippen molar-refractivity contribution in [2.45, 2.75) is 20.8 Å². The first-order chi connectivity index (χ1) is 4.18. The Labute approximate surface area is 57.3 Å². The molecule has 1 atom stereocenters. The molecule has 0 saturated heterocycles. The third-order valence-corrected chi connectivity index (χ3v) is 1.71. The summed E-state index contributed by atoms with van der Waals surface area (Å²) in [5.41, 5.74) is 0. The van der Waals surface area contributed by atoms with E-state index in [1.165, 1.54) is 0 Å². The maximum absolute atomic E-state index is 9.95. The Balaban J connectivity index is 3.16. The van der Waals surface area contributed by atoms with Gasteiger partial charge in [0.1, 0.15) is 6.73 Å². The predicted octanol–water partition coefficient (Wildman–Crippen LogP) is 1.26. The summed E-state index contributed by atoms with van der Waals surface area (Å²) in [7, 11) is 0. The van der Waals surface area contributed by atoms with Crippen LogP contribution in [0, 0.1) is 11.8 Å². The molecule has 0 heterocycles. The van der Waals surface area contributed by atoms with Gasteiger partial charge in [0.2, 0.25) is 0 Å². The molecule has 9 heavy (non-hydrogen) atoms. The van der Waals surface area contributed by atoms with E-state index in [2.05, 4.69) is 26.1 Å². The minimum absolute atomic E-state index is 0.156. The fourth-order valence-corrected chi connectivity index (χ4v) is 0.522. The molecule has 0 aliphatic rings. The zero-order valence-electron chi connectivity index (χ0n) is 6.48. The Morgan fingerprint density at radius 1 is 1.33 bits per heavy atom. The standard InChI is InChI=1S/C7H16NO/c1-6(2)7(3)4-8-5-9/h6-8H,4-5H2,1-3H3. The van der Waals surface area contributed by atoms with Gasteiger partial charge >= 0.3 is 0 Å². The van der Waals surface area contributed by atoms with Crippen molar-refractivity contribution in [3.8, 4) is 0 Å². The highest BCUT2D eigenvalue weighted by molar-refractivity contribution is 4.58. The Morgan fingerprint density at radius 2 is 1.89 bits per heavy atom. The van der Waals surface area contributed by atoms with Crippen LogP contribution in [0.3, 0.4) is 0 Å². The Bertz CT molecular complexity index is 63.9. The van der Waals surface area contributed by atoms with Crippen molar-refractivity contribution < 1.29 is 5.11 Å². The van der Waals surface area contributed by atoms with Gasteiger partial charge in [0, 0.05) is 6.54 Å². The molecule has 0 rings (SSSR count). The summed E-state index contributed by atoms with van der Waals surface area (Å²) in [5.74, 6) is 1.28. The van der Waals surface area contributed by atoms with Crippen molar-refractivity contribution in [1.29, 1.82) is 0 Å². The van der Waals surface area contributed by atoms with Crippen LogP contribution in [0.1, 0.15) is 20.8 Å². The van der Waals surface area contributed by atoms with Gasteiger partial charge in [-0.1, -0.05) is 20.8 Å². The van der Waals surface area contributed by atoms with Gasteiger partial charge in [-0.25, -0.2) is 5.11 Å². The van der Waals surface area contributed by atoms with E-state index in [1.54, 1.807) is 0 Å². The van der Waals surface area contributed by atoms with Crippen molar-refractivity contribution >= 4 is 0 Å². The van der Waals surface area contributed by atoms with Gasteiger partial charge in [-0.3, -0.25) is 5.32 Å². The molecule has 55 valence electrons. The minimum atomic E-state index is -0.156. The maximum atomic E-state index is 9.95. The van der Waals surface area contributed by atoms with Crippen LogP contribution in [0.25, 0.3) is 0 Å². The van der Waals surface area contributed by atoms with Crippen molar-refractivity contribution in [3.05, 3.63) is 0 Å². The monoisotopic (exact) mass is 130 g/mol. The Kier molecular flexibility index (Phi) is 4.72. The van der Waals surface area contributed by atoms with E-state index >= 15 is 0 Å². The average Bonchev–Trinajstić information content (AvgIpc) is 1.82. The molecule has 0 spiro atoms. The molecule has 0 fully saturated rings. The molecule has 1 unspecified atom stereocenters. The molecule has 1 radical (unpaired) electrons. The van der Waals surface area contributed by atoms with Gasteiger partial charge in [-0.15, -0.1) is 0 Å². The predicted molar refractivity (Wildman–Crippen MR) is 37.6 cm³/mol. The average molecular weight is 130 g/mol. The van der Waals surface area contributed by atoms with Crippen LogP contribution in [-0.2, 0) is 5.11 Å². The highest BCUT2D eigenvalue weighted by atomic mass is 16.3. The molecule has 0 amide bonds. The van der Waals surface area contributed by atoms with Crippen molar-refractivity contribution in [2.24, 2.45) is 11.8 Å². The third kappa shape index (κ3) is 4.43. The fourth-order valence-electron chi connectivity index (χ4n) is 0.522. The first kappa shape index (κ1) is 8.92. The zero-order valence-corrected chi connectivity index (χ0v) is 6.48. The van der Waals surface area contributed by atoms with Gasteiger partial charge in [0.05, 0.1) is 0 Å². The summed E-state index contributed by atoms with van der Waals surface area (Å²) >= 11 is 0. The van der Waals surface area contributed by atoms with Gasteiger partial charge in [-0.05, 0) is 11.8 Å². The molecule has 0 aliphatic carbocycles. The van der Waals surface area contributed by atoms with Gasteiger partial charge in [0.25, 0.3) is 0 Å². The van der Waals surface area contributed by atoms with Crippen LogP contribution in [0.4, 0.5) is 0 Å². The van der Waals surface area contributed by atoms with Crippen molar-refractivity contribution in [2.75, 3.05) is 13.3 Å². The molecule has 0 aromatic heterocycles. The quantitative estimate of drug-likeness (QED) is 0.571. The van der Waals surface area contributed by atoms with Crippen LogP contribution in [-0.4, -0.2) is 13.3 Å². The summed E-state index contributed by atoms with van der Waals surface area (Å²) in [6.07, 6.45) is 0. The first-order valence-electron chi connectivity index (χ1n) is 3.47. The lowest BCUT2D eigenvalue weighted by atomic mass is 9.98. The van der Waals surface area contributed by atoms with Crippen LogP contribution in [0.2, 0.25) is 0 Å². The number of hydrogen-bond acceptors (Lipinski definition) is 1. The van der Waals surface area contributed by atoms with Gasteiger partial charge in [0.15, 0.2) is 0 Å². The van der Waals surface area contributed by atoms with Crippen LogP contribution >= 0.6 is 0 Å². The van der Waals surface area contributed by atoms with Crippen molar-refractivity contribution in [1.82, 2.24) is 5.32 Å². The van der Waals surface area contributed by atoms with Crippen LogP contribution < -0.4 is 5.32 Å². The summed E-state index contributed by atoms with van der Waals surface area (Å²) in [4.78, 5) is 0. The third-order valence-electron chi connectivity index (χ3n) is 1.71. The molecule has 2 nitrogen and oxygen atoms in total. The second-order valence-corrected chi connectivity index (χ2v) is 2.82. The number of rotatable bonds is 4. The SMILES string of the molecule is CC(C)C(C)CNC[O]. The van der Waals surface area contributed by atoms with E-state index in [0.29, 0.717) is 11.8 Å². The lowest BCUT2D eigenvalue weighted by Gasteiger charge is -2.14. The Hall–Kier alpha value is -0.0800. The van der Waals surface area contributed by atoms with Gasteiger partial charge < -0.3 is 0 Å². The lowest BCUT2D eigenvalue weighted by molar-refractivity contribution is 0.160. The molecular formula is C7H16NO. The summed E-state index contributed by atoms with van der Waals surface area (Å²) in [5, 5.41) is 12.7. The number of hydrogen-bond donors (Lipinski definition) is 1. The van der Waals surface area contributed by atoms with E-state index in [9.17, 15) is 5.11 Å². The molecule has 0 aromatic rings.